The molecule has 0 aliphatic carbocycles. The van der Waals surface area contributed by atoms with Gasteiger partial charge in [0.1, 0.15) is 0 Å². The van der Waals surface area contributed by atoms with E-state index in [1.54, 1.807) is 0 Å². The maximum absolute atomic E-state index is 5.34. The molecule has 1 atom stereocenters. The molecule has 0 radical (unpaired) electrons. The third kappa shape index (κ3) is 4.69. The monoisotopic (exact) mass is 760 g/mol. The number of hydrogen-bond acceptors (Lipinski definition) is 3. The quantitative estimate of drug-likeness (QED) is 0.0777. The molecule has 4 heterocycles. The third-order valence-electron chi connectivity index (χ3n) is 10.7. The molecule has 0 spiro atoms. The zero-order valence-electron chi connectivity index (χ0n) is 28.4. The Morgan fingerprint density at radius 1 is 0.472 bits per heavy atom. The summed E-state index contributed by atoms with van der Waals surface area (Å²) in [4.78, 5) is 14.7. The van der Waals surface area contributed by atoms with Gasteiger partial charge in [0.25, 0.3) is 0 Å². The Hall–Kier alpha value is -5.96. The molecule has 53 heavy (non-hydrogen) atoms. The normalized spacial score (nSPS) is 13.1. The second-order valence-corrected chi connectivity index (χ2v) is 19.9. The number of benzene rings is 7. The molecule has 0 fully saturated rings. The van der Waals surface area contributed by atoms with Crippen molar-refractivity contribution in [2.75, 3.05) is 0 Å². The van der Waals surface area contributed by atoms with Crippen LogP contribution in [0.2, 0.25) is 0 Å². The molecule has 0 saturated heterocycles. The summed E-state index contributed by atoms with van der Waals surface area (Å²) in [6, 6.07) is 57.0. The summed E-state index contributed by atoms with van der Waals surface area (Å²) in [5, 5.41) is 13.3. The van der Waals surface area contributed by atoms with E-state index in [1.807, 2.05) is 12.4 Å². The van der Waals surface area contributed by atoms with Crippen molar-refractivity contribution in [3.63, 3.8) is 0 Å². The molecule has 0 N–H and O–H groups in total. The summed E-state index contributed by atoms with van der Waals surface area (Å²) in [6.45, 7) is 0. The number of pyridine rings is 3. The van der Waals surface area contributed by atoms with Gasteiger partial charge in [-0.1, -0.05) is 60.7 Å². The van der Waals surface area contributed by atoms with Crippen molar-refractivity contribution in [2.24, 2.45) is 0 Å². The van der Waals surface area contributed by atoms with E-state index in [0.29, 0.717) is 0 Å². The minimum absolute atomic E-state index is 0.966. The molecule has 4 aromatic heterocycles. The standard InChI is InChI=1S/C47H29N4PSe/c53-52(36-11-2-1-3-12-36,37-20-22-48-23-21-37)38-24-35-15-14-33(26-43(35)49-29-38)34-17-19-42-45(28-34)51-44-27-32-10-5-4-9-31(32)25-41(44)40-18-16-30-8-6-7-13-39(30)46(40)47(51)50-42/h1-29H. The third-order valence-corrected chi connectivity index (χ3v) is 17.7. The van der Waals surface area contributed by atoms with Gasteiger partial charge >= 0.3 is 204 Å². The Bertz CT molecular complexity index is 3280. The molecule has 0 bridgehead atoms. The number of nitrogens with zero attached hydrogens (tertiary/aromatic N) is 4. The van der Waals surface area contributed by atoms with Gasteiger partial charge in [0, 0.05) is 10.8 Å². The van der Waals surface area contributed by atoms with Gasteiger partial charge in [-0.05, 0) is 39.1 Å². The Kier molecular flexibility index (Phi) is 6.81. The molecule has 0 aliphatic rings. The Morgan fingerprint density at radius 3 is 2.02 bits per heavy atom. The molecular formula is C47H29N4PSe. The fourth-order valence-electron chi connectivity index (χ4n) is 8.13. The van der Waals surface area contributed by atoms with E-state index < -0.39 is 5.51 Å². The van der Waals surface area contributed by atoms with Crippen LogP contribution in [0.5, 0.6) is 0 Å². The van der Waals surface area contributed by atoms with Crippen LogP contribution in [0.4, 0.5) is 0 Å². The summed E-state index contributed by atoms with van der Waals surface area (Å²) in [7, 11) is 0. The van der Waals surface area contributed by atoms with Crippen LogP contribution in [0.15, 0.2) is 176 Å². The molecule has 11 aromatic rings. The van der Waals surface area contributed by atoms with Crippen LogP contribution in [0.1, 0.15) is 0 Å². The number of hydrogen-bond donors (Lipinski definition) is 0. The molecule has 4 nitrogen and oxygen atoms in total. The van der Waals surface area contributed by atoms with Gasteiger partial charge < -0.3 is 0 Å². The predicted octanol–water partition coefficient (Wildman–Crippen LogP) is 10.1. The van der Waals surface area contributed by atoms with Gasteiger partial charge in [0.2, 0.25) is 0 Å². The second kappa shape index (κ2) is 11.8. The fourth-order valence-corrected chi connectivity index (χ4v) is 12.9. The Labute approximate surface area is 312 Å². The van der Waals surface area contributed by atoms with Crippen molar-refractivity contribution in [2.45, 2.75) is 0 Å². The first kappa shape index (κ1) is 30.6. The SMILES string of the molecule is [Se]=P(c1ccccc1)(c1ccncc1)c1cnc2cc(-c3ccc4nc5c6c7ccccc7ccc6c6cc7ccccc7cc6n5c4c3)ccc2c1. The van der Waals surface area contributed by atoms with E-state index in [0.717, 1.165) is 44.2 Å². The van der Waals surface area contributed by atoms with E-state index in [2.05, 4.69) is 188 Å². The van der Waals surface area contributed by atoms with Crippen LogP contribution in [0.3, 0.4) is 0 Å². The van der Waals surface area contributed by atoms with Crippen molar-refractivity contribution in [3.8, 4) is 11.1 Å². The summed E-state index contributed by atoms with van der Waals surface area (Å²) in [5.41, 5.74) is 5.37. The maximum atomic E-state index is 5.34. The average Bonchev–Trinajstić information content (AvgIpc) is 3.62. The first-order valence-corrected chi connectivity index (χ1v) is 21.7. The summed E-state index contributed by atoms with van der Waals surface area (Å²) in [5.74, 6) is 0. The number of rotatable bonds is 4. The second-order valence-electron chi connectivity index (χ2n) is 13.7. The molecule has 1 unspecified atom stereocenters. The van der Waals surface area contributed by atoms with E-state index in [1.165, 1.54) is 53.6 Å². The molecule has 248 valence electrons. The molecule has 6 heteroatoms. The molecule has 11 rings (SSSR count). The van der Waals surface area contributed by atoms with Gasteiger partial charge in [-0.25, -0.2) is 0 Å². The molecule has 7 aromatic carbocycles. The van der Waals surface area contributed by atoms with Crippen molar-refractivity contribution in [1.82, 2.24) is 19.4 Å². The van der Waals surface area contributed by atoms with Gasteiger partial charge in [0.15, 0.2) is 0 Å². The van der Waals surface area contributed by atoms with E-state index in [4.69, 9.17) is 9.97 Å². The minimum atomic E-state index is -2.05. The van der Waals surface area contributed by atoms with Crippen LogP contribution < -0.4 is 15.9 Å². The summed E-state index contributed by atoms with van der Waals surface area (Å²) < 4.78 is 2.38. The number of aromatic nitrogens is 4. The average molecular weight is 760 g/mol. The van der Waals surface area contributed by atoms with Crippen LogP contribution in [0, 0.1) is 0 Å². The van der Waals surface area contributed by atoms with Gasteiger partial charge in [-0.3, -0.25) is 0 Å². The van der Waals surface area contributed by atoms with Gasteiger partial charge in [-0.2, -0.15) is 0 Å². The molecule has 0 aliphatic heterocycles. The molecular weight excluding hydrogens is 730 g/mol. The van der Waals surface area contributed by atoms with Crippen molar-refractivity contribution >= 4 is 107 Å². The van der Waals surface area contributed by atoms with Gasteiger partial charge in [0.05, 0.1) is 0 Å². The summed E-state index contributed by atoms with van der Waals surface area (Å²) in [6.07, 6.45) is 5.81. The van der Waals surface area contributed by atoms with Crippen LogP contribution in [-0.4, -0.2) is 34.5 Å². The molecule has 0 saturated carbocycles. The van der Waals surface area contributed by atoms with Crippen molar-refractivity contribution in [1.29, 1.82) is 0 Å². The predicted molar refractivity (Wildman–Crippen MR) is 226 cm³/mol. The number of fused-ring (bicyclic) bond motifs is 12. The van der Waals surface area contributed by atoms with Gasteiger partial charge in [-0.15, -0.1) is 0 Å². The van der Waals surface area contributed by atoms with E-state index in [9.17, 15) is 0 Å². The van der Waals surface area contributed by atoms with Crippen LogP contribution in [-0.2, 0) is 0 Å². The van der Waals surface area contributed by atoms with E-state index >= 15 is 0 Å². The first-order chi connectivity index (χ1) is 26.1. The van der Waals surface area contributed by atoms with Crippen LogP contribution in [0.25, 0.3) is 81.9 Å². The Balaban J connectivity index is 1.11. The van der Waals surface area contributed by atoms with Crippen molar-refractivity contribution < 1.29 is 0 Å². The zero-order chi connectivity index (χ0) is 35.1. The summed E-state index contributed by atoms with van der Waals surface area (Å²) >= 11 is 3.65. The fraction of sp³-hybridized carbons (Fsp3) is 0. The topological polar surface area (TPSA) is 43.1 Å². The first-order valence-electron chi connectivity index (χ1n) is 17.7. The van der Waals surface area contributed by atoms with Crippen molar-refractivity contribution in [3.05, 3.63) is 176 Å². The zero-order valence-corrected chi connectivity index (χ0v) is 31.0. The molecule has 0 amide bonds. The number of imidazole rings is 1. The van der Waals surface area contributed by atoms with Crippen LogP contribution >= 0.6 is 5.51 Å². The van der Waals surface area contributed by atoms with E-state index in [-0.39, 0.29) is 0 Å². The Morgan fingerprint density at radius 2 is 1.17 bits per heavy atom.